The molecule has 1 saturated carbocycles. The smallest absolute Gasteiger partial charge is 0.293 e. The number of fused-ring (bicyclic) bond motifs is 1. The Morgan fingerprint density at radius 2 is 2.00 bits per heavy atom. The van der Waals surface area contributed by atoms with Crippen molar-refractivity contribution in [1.29, 1.82) is 0 Å². The average Bonchev–Trinajstić information content (AvgIpc) is 3.07. The third-order valence-electron chi connectivity index (χ3n) is 4.21. The normalized spacial score (nSPS) is 21.9. The molecule has 20 heavy (non-hydrogen) atoms. The summed E-state index contributed by atoms with van der Waals surface area (Å²) in [6.07, 6.45) is -1.40. The number of Topliss-reactive ketones (excluding diaryl/α,β-unsaturated/α-hetero) is 1. The van der Waals surface area contributed by atoms with E-state index in [9.17, 15) is 18.0 Å². The second kappa shape index (κ2) is 4.09. The van der Waals surface area contributed by atoms with Gasteiger partial charge in [0, 0.05) is 17.0 Å². The van der Waals surface area contributed by atoms with Crippen molar-refractivity contribution in [1.82, 2.24) is 9.78 Å². The maximum Gasteiger partial charge on any atom is 0.408 e. The molecule has 1 fully saturated rings. The van der Waals surface area contributed by atoms with Gasteiger partial charge in [-0.05, 0) is 25.7 Å². The van der Waals surface area contributed by atoms with Crippen LogP contribution in [0.3, 0.4) is 0 Å². The summed E-state index contributed by atoms with van der Waals surface area (Å²) >= 11 is 0. The zero-order chi connectivity index (χ0) is 14.7. The minimum Gasteiger partial charge on any atom is -0.293 e. The van der Waals surface area contributed by atoms with Gasteiger partial charge in [-0.3, -0.25) is 9.48 Å². The van der Waals surface area contributed by atoms with Gasteiger partial charge in [0.2, 0.25) is 0 Å². The highest BCUT2D eigenvalue weighted by atomic mass is 19.4. The van der Waals surface area contributed by atoms with Crippen molar-refractivity contribution >= 4 is 5.78 Å². The minimum absolute atomic E-state index is 0.0472. The zero-order valence-corrected chi connectivity index (χ0v) is 11.5. The Kier molecular flexibility index (Phi) is 2.79. The first kappa shape index (κ1) is 13.6. The number of halogens is 3. The van der Waals surface area contributed by atoms with Gasteiger partial charge in [-0.1, -0.05) is 13.8 Å². The Balaban J connectivity index is 2.08. The van der Waals surface area contributed by atoms with Crippen LogP contribution in [0.5, 0.6) is 0 Å². The molecule has 110 valence electrons. The number of ketones is 1. The van der Waals surface area contributed by atoms with E-state index in [0.29, 0.717) is 29.8 Å². The fourth-order valence-corrected chi connectivity index (χ4v) is 2.84. The summed E-state index contributed by atoms with van der Waals surface area (Å²) in [5, 5.41) is 4.13. The maximum atomic E-state index is 12.6. The minimum atomic E-state index is -4.31. The molecule has 0 spiro atoms. The zero-order valence-electron chi connectivity index (χ0n) is 11.5. The number of hydrogen-bond acceptors (Lipinski definition) is 2. The molecule has 1 aromatic heterocycles. The van der Waals surface area contributed by atoms with Crippen LogP contribution in [0.4, 0.5) is 13.2 Å². The highest BCUT2D eigenvalue weighted by molar-refractivity contribution is 6.03. The molecule has 0 radical (unpaired) electrons. The Morgan fingerprint density at radius 3 is 2.55 bits per heavy atom. The van der Waals surface area contributed by atoms with Crippen molar-refractivity contribution in [2.45, 2.75) is 58.2 Å². The van der Waals surface area contributed by atoms with Gasteiger partial charge in [0.25, 0.3) is 0 Å². The largest absolute Gasteiger partial charge is 0.408 e. The van der Waals surface area contributed by atoms with Gasteiger partial charge in [0.05, 0.1) is 11.3 Å². The first-order chi connectivity index (χ1) is 9.19. The van der Waals surface area contributed by atoms with Crippen LogP contribution in [0.15, 0.2) is 0 Å². The fourth-order valence-electron chi connectivity index (χ4n) is 2.84. The lowest BCUT2D eigenvalue weighted by Crippen LogP contribution is -2.32. The lowest BCUT2D eigenvalue weighted by Gasteiger charge is -2.28. The third kappa shape index (κ3) is 2.25. The SMILES string of the molecule is CC1(C)CCc2c(c(C3CC3)nn2CC(F)(F)F)C1=O. The van der Waals surface area contributed by atoms with Crippen LogP contribution in [0.25, 0.3) is 0 Å². The van der Waals surface area contributed by atoms with E-state index in [1.807, 2.05) is 13.8 Å². The fraction of sp³-hybridized carbons (Fsp3) is 0.714. The predicted molar refractivity (Wildman–Crippen MR) is 66.7 cm³/mol. The van der Waals surface area contributed by atoms with Gasteiger partial charge in [-0.2, -0.15) is 18.3 Å². The Morgan fingerprint density at radius 1 is 1.35 bits per heavy atom. The van der Waals surface area contributed by atoms with Gasteiger partial charge >= 0.3 is 6.18 Å². The number of nitrogens with zero attached hydrogens (tertiary/aromatic N) is 2. The molecule has 0 N–H and O–H groups in total. The van der Waals surface area contributed by atoms with Gasteiger partial charge in [0.1, 0.15) is 6.54 Å². The first-order valence-corrected chi connectivity index (χ1v) is 6.90. The van der Waals surface area contributed by atoms with Crippen LogP contribution >= 0.6 is 0 Å². The lowest BCUT2D eigenvalue weighted by molar-refractivity contribution is -0.143. The molecule has 0 amide bonds. The molecule has 0 aliphatic heterocycles. The van der Waals surface area contributed by atoms with Crippen molar-refractivity contribution in [2.75, 3.05) is 0 Å². The highest BCUT2D eigenvalue weighted by Crippen LogP contribution is 2.46. The number of aromatic nitrogens is 2. The summed E-state index contributed by atoms with van der Waals surface area (Å²) in [6.45, 7) is 2.61. The van der Waals surface area contributed by atoms with Crippen LogP contribution in [-0.2, 0) is 13.0 Å². The van der Waals surface area contributed by atoms with Crippen LogP contribution in [0.2, 0.25) is 0 Å². The lowest BCUT2D eigenvalue weighted by atomic mass is 9.74. The van der Waals surface area contributed by atoms with E-state index in [4.69, 9.17) is 0 Å². The Labute approximate surface area is 115 Å². The number of rotatable bonds is 2. The molecule has 0 saturated heterocycles. The van der Waals surface area contributed by atoms with E-state index in [1.165, 1.54) is 0 Å². The molecule has 0 atom stereocenters. The van der Waals surface area contributed by atoms with Crippen molar-refractivity contribution < 1.29 is 18.0 Å². The van der Waals surface area contributed by atoms with Crippen molar-refractivity contribution in [3.05, 3.63) is 17.0 Å². The van der Waals surface area contributed by atoms with Gasteiger partial charge in [-0.25, -0.2) is 0 Å². The molecule has 3 rings (SSSR count). The number of alkyl halides is 3. The van der Waals surface area contributed by atoms with Crippen molar-refractivity contribution in [3.8, 4) is 0 Å². The quantitative estimate of drug-likeness (QED) is 0.834. The molecular formula is C14H17F3N2O. The van der Waals surface area contributed by atoms with E-state index < -0.39 is 18.1 Å². The molecule has 0 aromatic carbocycles. The average molecular weight is 286 g/mol. The first-order valence-electron chi connectivity index (χ1n) is 6.90. The number of carbonyl (C=O) groups excluding carboxylic acids is 1. The van der Waals surface area contributed by atoms with Gasteiger partial charge in [0.15, 0.2) is 5.78 Å². The molecule has 1 heterocycles. The van der Waals surface area contributed by atoms with E-state index in [1.54, 1.807) is 0 Å². The third-order valence-corrected chi connectivity index (χ3v) is 4.21. The molecule has 1 aromatic rings. The highest BCUT2D eigenvalue weighted by Gasteiger charge is 2.43. The molecule has 0 unspecified atom stereocenters. The predicted octanol–water partition coefficient (Wildman–Crippen LogP) is 3.48. The molecule has 2 aliphatic carbocycles. The van der Waals surface area contributed by atoms with E-state index >= 15 is 0 Å². The van der Waals surface area contributed by atoms with Crippen LogP contribution in [0, 0.1) is 5.41 Å². The van der Waals surface area contributed by atoms with Gasteiger partial charge in [-0.15, -0.1) is 0 Å². The van der Waals surface area contributed by atoms with E-state index in [-0.39, 0.29) is 11.7 Å². The molecule has 6 heteroatoms. The van der Waals surface area contributed by atoms with E-state index in [0.717, 1.165) is 17.5 Å². The summed E-state index contributed by atoms with van der Waals surface area (Å²) in [6, 6.07) is 0. The summed E-state index contributed by atoms with van der Waals surface area (Å²) in [5.41, 5.74) is 1.06. The molecule has 3 nitrogen and oxygen atoms in total. The molecular weight excluding hydrogens is 269 g/mol. The number of carbonyl (C=O) groups is 1. The van der Waals surface area contributed by atoms with Crippen molar-refractivity contribution in [3.63, 3.8) is 0 Å². The summed E-state index contributed by atoms with van der Waals surface area (Å²) in [5.74, 6) is 0.130. The van der Waals surface area contributed by atoms with Crippen molar-refractivity contribution in [2.24, 2.45) is 5.41 Å². The standard InChI is InChI=1S/C14H17F3N2O/c1-13(2)6-5-9-10(12(13)20)11(8-3-4-8)18-19(9)7-14(15,16)17/h8H,3-7H2,1-2H3. The summed E-state index contributed by atoms with van der Waals surface area (Å²) in [7, 11) is 0. The second-order valence-electron chi connectivity index (χ2n) is 6.47. The molecule has 2 aliphatic rings. The van der Waals surface area contributed by atoms with Crippen LogP contribution in [-0.4, -0.2) is 21.7 Å². The topological polar surface area (TPSA) is 34.9 Å². The Bertz CT molecular complexity index is 568. The maximum absolute atomic E-state index is 12.6. The Hall–Kier alpha value is -1.33. The molecule has 0 bridgehead atoms. The summed E-state index contributed by atoms with van der Waals surface area (Å²) in [4.78, 5) is 12.5. The van der Waals surface area contributed by atoms with Crippen LogP contribution in [0.1, 0.15) is 60.8 Å². The van der Waals surface area contributed by atoms with E-state index in [2.05, 4.69) is 5.10 Å². The van der Waals surface area contributed by atoms with Gasteiger partial charge < -0.3 is 0 Å². The summed E-state index contributed by atoms with van der Waals surface area (Å²) < 4.78 is 38.9. The monoisotopic (exact) mass is 286 g/mol. The second-order valence-corrected chi connectivity index (χ2v) is 6.47. The number of hydrogen-bond donors (Lipinski definition) is 0. The van der Waals surface area contributed by atoms with Crippen LogP contribution < -0.4 is 0 Å².